The quantitative estimate of drug-likeness (QED) is 0.892. The molecule has 0 unspecified atom stereocenters. The van der Waals surface area contributed by atoms with Crippen LogP contribution in [0.4, 0.5) is 5.00 Å². The lowest BCUT2D eigenvalue weighted by Gasteiger charge is -2.11. The third kappa shape index (κ3) is 2.58. The highest BCUT2D eigenvalue weighted by atomic mass is 32.1. The monoisotopic (exact) mass is 318 g/mol. The highest BCUT2D eigenvalue weighted by molar-refractivity contribution is 7.17. The van der Waals surface area contributed by atoms with Crippen molar-refractivity contribution in [2.75, 3.05) is 11.9 Å². The minimum atomic E-state index is -0.179. The number of aryl methyl sites for hydroxylation is 2. The van der Waals surface area contributed by atoms with E-state index in [4.69, 9.17) is 0 Å². The van der Waals surface area contributed by atoms with Crippen molar-refractivity contribution in [3.63, 3.8) is 0 Å². The normalized spacial score (nSPS) is 13.6. The molecule has 3 heterocycles. The molecule has 5 nitrogen and oxygen atoms in total. The molecule has 2 aromatic rings. The van der Waals surface area contributed by atoms with Crippen LogP contribution in [0.5, 0.6) is 0 Å². The molecule has 1 amide bonds. The molecule has 108 valence electrons. The highest BCUT2D eigenvalue weighted by Gasteiger charge is 2.23. The molecule has 0 radical (unpaired) electrons. The van der Waals surface area contributed by atoms with Crippen molar-refractivity contribution in [1.29, 1.82) is 5.26 Å². The van der Waals surface area contributed by atoms with Gasteiger partial charge in [-0.1, -0.05) is 0 Å². The van der Waals surface area contributed by atoms with Crippen molar-refractivity contribution in [2.45, 2.75) is 26.8 Å². The van der Waals surface area contributed by atoms with Crippen molar-refractivity contribution in [1.82, 2.24) is 10.3 Å². The molecule has 7 heteroatoms. The fourth-order valence-corrected chi connectivity index (χ4v) is 4.42. The number of nitrogens with zero attached hydrogens (tertiary/aromatic N) is 2. The summed E-state index contributed by atoms with van der Waals surface area (Å²) in [6.07, 6.45) is 0.837. The Kier molecular flexibility index (Phi) is 3.76. The van der Waals surface area contributed by atoms with Gasteiger partial charge in [0.25, 0.3) is 5.91 Å². The first-order valence-corrected chi connectivity index (χ1v) is 8.24. The van der Waals surface area contributed by atoms with Gasteiger partial charge in [-0.2, -0.15) is 5.26 Å². The van der Waals surface area contributed by atoms with Crippen LogP contribution in [0, 0.1) is 25.2 Å². The average molecular weight is 318 g/mol. The molecule has 2 N–H and O–H groups in total. The maximum Gasteiger partial charge on any atom is 0.268 e. The molecule has 3 rings (SSSR count). The van der Waals surface area contributed by atoms with E-state index in [0.717, 1.165) is 40.7 Å². The summed E-state index contributed by atoms with van der Waals surface area (Å²) in [5.74, 6) is -0.179. The third-order valence-corrected chi connectivity index (χ3v) is 5.60. The zero-order valence-corrected chi connectivity index (χ0v) is 13.4. The maximum absolute atomic E-state index is 12.4. The highest BCUT2D eigenvalue weighted by Crippen LogP contribution is 2.35. The SMILES string of the molecule is Cc1nc(C)c(C(=O)Nc2sc3c(c2C#N)CCNC3)s1. The smallest absolute Gasteiger partial charge is 0.268 e. The summed E-state index contributed by atoms with van der Waals surface area (Å²) in [5, 5.41) is 17.1. The summed E-state index contributed by atoms with van der Waals surface area (Å²) in [6, 6.07) is 2.24. The summed E-state index contributed by atoms with van der Waals surface area (Å²) in [6.45, 7) is 5.35. The molecule has 2 aromatic heterocycles. The van der Waals surface area contributed by atoms with Gasteiger partial charge >= 0.3 is 0 Å². The van der Waals surface area contributed by atoms with Gasteiger partial charge in [-0.15, -0.1) is 22.7 Å². The van der Waals surface area contributed by atoms with Gasteiger partial charge in [0.15, 0.2) is 0 Å². The predicted molar refractivity (Wildman–Crippen MR) is 84.0 cm³/mol. The van der Waals surface area contributed by atoms with Gasteiger partial charge < -0.3 is 10.6 Å². The Hall–Kier alpha value is -1.75. The number of hydrogen-bond donors (Lipinski definition) is 2. The Labute approximate surface area is 130 Å². The van der Waals surface area contributed by atoms with E-state index in [9.17, 15) is 10.1 Å². The fourth-order valence-electron chi connectivity index (χ4n) is 2.44. The van der Waals surface area contributed by atoms with Gasteiger partial charge in [-0.05, 0) is 32.4 Å². The average Bonchev–Trinajstić information content (AvgIpc) is 2.97. The summed E-state index contributed by atoms with van der Waals surface area (Å²) < 4.78 is 0. The molecule has 0 saturated carbocycles. The number of thiazole rings is 1. The molecular formula is C14H14N4OS2. The summed E-state index contributed by atoms with van der Waals surface area (Å²) in [5.41, 5.74) is 2.42. The van der Waals surface area contributed by atoms with Crippen LogP contribution in [0.15, 0.2) is 0 Å². The van der Waals surface area contributed by atoms with E-state index in [1.54, 1.807) is 0 Å². The van der Waals surface area contributed by atoms with Crippen LogP contribution in [0.25, 0.3) is 0 Å². The molecule has 21 heavy (non-hydrogen) atoms. The lowest BCUT2D eigenvalue weighted by Crippen LogP contribution is -2.22. The zero-order chi connectivity index (χ0) is 15.0. The second-order valence-corrected chi connectivity index (χ2v) is 7.16. The number of nitriles is 1. The molecule has 0 spiro atoms. The standard InChI is InChI=1S/C14H14N4OS2/c1-7-12(20-8(2)17-7)13(19)18-14-10(5-15)9-3-4-16-6-11(9)21-14/h16H,3-4,6H2,1-2H3,(H,18,19). The predicted octanol–water partition coefficient (Wildman–Crippen LogP) is 2.59. The molecule has 0 saturated heterocycles. The third-order valence-electron chi connectivity index (χ3n) is 3.38. The van der Waals surface area contributed by atoms with Crippen molar-refractivity contribution >= 4 is 33.6 Å². The first-order chi connectivity index (χ1) is 10.1. The Morgan fingerprint density at radius 2 is 2.24 bits per heavy atom. The van der Waals surface area contributed by atoms with Crippen LogP contribution >= 0.6 is 22.7 Å². The van der Waals surface area contributed by atoms with Crippen molar-refractivity contribution in [2.24, 2.45) is 0 Å². The number of aromatic nitrogens is 1. The first kappa shape index (κ1) is 14.2. The number of carbonyl (C=O) groups is 1. The van der Waals surface area contributed by atoms with Crippen molar-refractivity contribution in [3.8, 4) is 6.07 Å². The number of rotatable bonds is 2. The van der Waals surface area contributed by atoms with E-state index in [-0.39, 0.29) is 5.91 Å². The Morgan fingerprint density at radius 3 is 2.90 bits per heavy atom. The van der Waals surface area contributed by atoms with E-state index >= 15 is 0 Å². The largest absolute Gasteiger partial charge is 0.312 e. The fraction of sp³-hybridized carbons (Fsp3) is 0.357. The molecule has 0 atom stereocenters. The minimum absolute atomic E-state index is 0.179. The number of fused-ring (bicyclic) bond motifs is 1. The van der Waals surface area contributed by atoms with E-state index in [1.165, 1.54) is 22.7 Å². The summed E-state index contributed by atoms with van der Waals surface area (Å²) in [4.78, 5) is 18.4. The topological polar surface area (TPSA) is 77.8 Å². The van der Waals surface area contributed by atoms with Crippen LogP contribution in [-0.4, -0.2) is 17.4 Å². The van der Waals surface area contributed by atoms with Crippen molar-refractivity contribution < 1.29 is 4.79 Å². The van der Waals surface area contributed by atoms with Gasteiger partial charge in [-0.3, -0.25) is 4.79 Å². The van der Waals surface area contributed by atoms with Crippen LogP contribution in [-0.2, 0) is 13.0 Å². The second-order valence-electron chi connectivity index (χ2n) is 4.85. The molecule has 0 bridgehead atoms. The minimum Gasteiger partial charge on any atom is -0.312 e. The van der Waals surface area contributed by atoms with E-state index in [1.807, 2.05) is 13.8 Å². The van der Waals surface area contributed by atoms with Gasteiger partial charge in [0.05, 0.1) is 16.3 Å². The van der Waals surface area contributed by atoms with Gasteiger partial charge in [0.2, 0.25) is 0 Å². The van der Waals surface area contributed by atoms with Crippen LogP contribution < -0.4 is 10.6 Å². The van der Waals surface area contributed by atoms with Gasteiger partial charge in [0, 0.05) is 11.4 Å². The zero-order valence-electron chi connectivity index (χ0n) is 11.7. The van der Waals surface area contributed by atoms with E-state index in [2.05, 4.69) is 21.7 Å². The van der Waals surface area contributed by atoms with E-state index in [0.29, 0.717) is 15.4 Å². The van der Waals surface area contributed by atoms with Crippen LogP contribution in [0.1, 0.15) is 36.4 Å². The number of nitrogens with one attached hydrogen (secondary N) is 2. The van der Waals surface area contributed by atoms with Gasteiger partial charge in [0.1, 0.15) is 15.9 Å². The second kappa shape index (κ2) is 5.56. The number of anilines is 1. The Balaban J connectivity index is 1.92. The molecular weight excluding hydrogens is 304 g/mol. The Bertz CT molecular complexity index is 754. The number of amides is 1. The number of thiophene rings is 1. The Morgan fingerprint density at radius 1 is 1.43 bits per heavy atom. The summed E-state index contributed by atoms with van der Waals surface area (Å²) in [7, 11) is 0. The maximum atomic E-state index is 12.4. The van der Waals surface area contributed by atoms with Gasteiger partial charge in [-0.25, -0.2) is 4.98 Å². The number of carbonyl (C=O) groups excluding carboxylic acids is 1. The van der Waals surface area contributed by atoms with Crippen molar-refractivity contribution in [3.05, 3.63) is 31.6 Å². The lowest BCUT2D eigenvalue weighted by atomic mass is 10.1. The molecule has 0 aromatic carbocycles. The summed E-state index contributed by atoms with van der Waals surface area (Å²) >= 11 is 2.87. The number of hydrogen-bond acceptors (Lipinski definition) is 6. The van der Waals surface area contributed by atoms with Crippen LogP contribution in [0.2, 0.25) is 0 Å². The van der Waals surface area contributed by atoms with Crippen LogP contribution in [0.3, 0.4) is 0 Å². The lowest BCUT2D eigenvalue weighted by molar-refractivity contribution is 0.103. The molecule has 0 aliphatic carbocycles. The molecule has 1 aliphatic heterocycles. The molecule has 0 fully saturated rings. The first-order valence-electron chi connectivity index (χ1n) is 6.61. The van der Waals surface area contributed by atoms with E-state index < -0.39 is 0 Å². The molecule has 1 aliphatic rings.